The van der Waals surface area contributed by atoms with Crippen LogP contribution in [0.15, 0.2) is 48.6 Å². The van der Waals surface area contributed by atoms with E-state index in [-0.39, 0.29) is 6.04 Å². The molecule has 0 unspecified atom stereocenters. The second-order valence-electron chi connectivity index (χ2n) is 6.56. The van der Waals surface area contributed by atoms with E-state index in [1.54, 1.807) is 12.1 Å². The van der Waals surface area contributed by atoms with E-state index in [4.69, 9.17) is 16.7 Å². The van der Waals surface area contributed by atoms with Gasteiger partial charge in [-0.2, -0.15) is 0 Å². The minimum atomic E-state index is -0.897. The summed E-state index contributed by atoms with van der Waals surface area (Å²) in [5.74, 6) is -0.197. The average Bonchev–Trinajstić information content (AvgIpc) is 3.07. The van der Waals surface area contributed by atoms with Gasteiger partial charge in [-0.1, -0.05) is 42.0 Å². The lowest BCUT2D eigenvalue weighted by Crippen LogP contribution is -2.29. The molecule has 2 aromatic rings. The maximum atomic E-state index is 11.1. The van der Waals surface area contributed by atoms with E-state index in [9.17, 15) is 4.79 Å². The van der Waals surface area contributed by atoms with Crippen molar-refractivity contribution in [2.45, 2.75) is 25.3 Å². The zero-order valence-corrected chi connectivity index (χ0v) is 14.0. The summed E-state index contributed by atoms with van der Waals surface area (Å²) < 4.78 is 0. The monoisotopic (exact) mass is 339 g/mol. The van der Waals surface area contributed by atoms with Gasteiger partial charge >= 0.3 is 5.97 Å². The van der Waals surface area contributed by atoms with Crippen LogP contribution in [0, 0.1) is 12.8 Å². The zero-order valence-electron chi connectivity index (χ0n) is 13.3. The first kappa shape index (κ1) is 15.3. The molecule has 0 saturated heterocycles. The van der Waals surface area contributed by atoms with Crippen LogP contribution in [0.25, 0.3) is 0 Å². The number of carboxylic acids is 1. The molecule has 0 aromatic heterocycles. The SMILES string of the molecule is Cc1ccc(Cl)c2c1N[C@@H](c1ccc(C(=O)O)cc1)[C@@H]1CC=C[C@H]21. The Labute approximate surface area is 146 Å². The van der Waals surface area contributed by atoms with Crippen molar-refractivity contribution in [2.75, 3.05) is 5.32 Å². The number of benzene rings is 2. The first-order valence-corrected chi connectivity index (χ1v) is 8.49. The molecule has 2 N–H and O–H groups in total. The molecule has 4 rings (SSSR count). The van der Waals surface area contributed by atoms with Gasteiger partial charge in [-0.25, -0.2) is 4.79 Å². The van der Waals surface area contributed by atoms with Crippen molar-refractivity contribution in [1.29, 1.82) is 0 Å². The Hall–Kier alpha value is -2.26. The first-order chi connectivity index (χ1) is 11.6. The third-order valence-corrected chi connectivity index (χ3v) is 5.52. The fraction of sp³-hybridized carbons (Fsp3) is 0.250. The van der Waals surface area contributed by atoms with E-state index in [1.165, 1.54) is 11.1 Å². The molecule has 0 bridgehead atoms. The summed E-state index contributed by atoms with van der Waals surface area (Å²) in [4.78, 5) is 11.1. The molecule has 122 valence electrons. The molecule has 1 aliphatic carbocycles. The topological polar surface area (TPSA) is 49.3 Å². The number of allylic oxidation sites excluding steroid dienone is 2. The summed E-state index contributed by atoms with van der Waals surface area (Å²) >= 11 is 6.49. The third-order valence-electron chi connectivity index (χ3n) is 5.19. The maximum absolute atomic E-state index is 11.1. The molecule has 0 amide bonds. The van der Waals surface area contributed by atoms with E-state index in [0.29, 0.717) is 17.4 Å². The highest BCUT2D eigenvalue weighted by atomic mass is 35.5. The van der Waals surface area contributed by atoms with Gasteiger partial charge in [-0.05, 0) is 48.6 Å². The summed E-state index contributed by atoms with van der Waals surface area (Å²) in [6, 6.07) is 11.4. The van der Waals surface area contributed by atoms with Crippen molar-refractivity contribution in [3.63, 3.8) is 0 Å². The largest absolute Gasteiger partial charge is 0.478 e. The van der Waals surface area contributed by atoms with Crippen molar-refractivity contribution in [2.24, 2.45) is 5.92 Å². The van der Waals surface area contributed by atoms with Gasteiger partial charge in [-0.15, -0.1) is 0 Å². The summed E-state index contributed by atoms with van der Waals surface area (Å²) in [5, 5.41) is 13.6. The van der Waals surface area contributed by atoms with Gasteiger partial charge in [0.15, 0.2) is 0 Å². The number of hydrogen-bond acceptors (Lipinski definition) is 2. The molecule has 3 atom stereocenters. The first-order valence-electron chi connectivity index (χ1n) is 8.11. The van der Waals surface area contributed by atoms with Crippen LogP contribution in [0.3, 0.4) is 0 Å². The van der Waals surface area contributed by atoms with Crippen LogP contribution in [0.2, 0.25) is 5.02 Å². The Morgan fingerprint density at radius 1 is 1.21 bits per heavy atom. The Morgan fingerprint density at radius 3 is 2.67 bits per heavy atom. The van der Waals surface area contributed by atoms with Crippen LogP contribution in [-0.4, -0.2) is 11.1 Å². The lowest BCUT2D eigenvalue weighted by atomic mass is 9.76. The fourth-order valence-electron chi connectivity index (χ4n) is 3.97. The quantitative estimate of drug-likeness (QED) is 0.742. The fourth-order valence-corrected chi connectivity index (χ4v) is 4.26. The Morgan fingerprint density at radius 2 is 1.96 bits per heavy atom. The number of nitrogens with one attached hydrogen (secondary N) is 1. The van der Waals surface area contributed by atoms with Gasteiger partial charge in [0.05, 0.1) is 11.6 Å². The standard InChI is InChI=1S/C20H18ClNO2/c1-11-5-10-16(21)17-14-3-2-4-15(14)19(22-18(11)17)12-6-8-13(9-7-12)20(23)24/h2-3,5-10,14-15,19,22H,4H2,1H3,(H,23,24)/t14-,15+,19-/m0/s1. The van der Waals surface area contributed by atoms with E-state index in [1.807, 2.05) is 24.3 Å². The number of aromatic carboxylic acids is 1. The molecule has 2 aromatic carbocycles. The molecule has 1 heterocycles. The van der Waals surface area contributed by atoms with Gasteiger partial charge in [0.1, 0.15) is 0 Å². The highest BCUT2D eigenvalue weighted by Gasteiger charge is 2.39. The van der Waals surface area contributed by atoms with Crippen LogP contribution < -0.4 is 5.32 Å². The lowest BCUT2D eigenvalue weighted by Gasteiger charge is -2.38. The Balaban J connectivity index is 1.78. The second kappa shape index (κ2) is 5.67. The van der Waals surface area contributed by atoms with Gasteiger partial charge in [0, 0.05) is 22.2 Å². The van der Waals surface area contributed by atoms with Crippen LogP contribution in [0.5, 0.6) is 0 Å². The smallest absolute Gasteiger partial charge is 0.335 e. The Bertz CT molecular complexity index is 841. The van der Waals surface area contributed by atoms with E-state index >= 15 is 0 Å². The van der Waals surface area contributed by atoms with E-state index in [0.717, 1.165) is 22.7 Å². The highest BCUT2D eigenvalue weighted by molar-refractivity contribution is 6.32. The predicted molar refractivity (Wildman–Crippen MR) is 95.9 cm³/mol. The number of hydrogen-bond donors (Lipinski definition) is 2. The average molecular weight is 340 g/mol. The van der Waals surface area contributed by atoms with Crippen LogP contribution >= 0.6 is 11.6 Å². The van der Waals surface area contributed by atoms with Gasteiger partial charge < -0.3 is 10.4 Å². The second-order valence-corrected chi connectivity index (χ2v) is 6.96. The van der Waals surface area contributed by atoms with Crippen LogP contribution in [-0.2, 0) is 0 Å². The number of rotatable bonds is 2. The molecule has 1 aliphatic heterocycles. The number of halogens is 1. The van der Waals surface area contributed by atoms with Crippen molar-refractivity contribution in [1.82, 2.24) is 0 Å². The molecule has 0 radical (unpaired) electrons. The summed E-state index contributed by atoms with van der Waals surface area (Å²) in [7, 11) is 0. The van der Waals surface area contributed by atoms with Gasteiger partial charge in [-0.3, -0.25) is 0 Å². The number of fused-ring (bicyclic) bond motifs is 3. The van der Waals surface area contributed by atoms with E-state index in [2.05, 4.69) is 24.4 Å². The minimum absolute atomic E-state index is 0.150. The van der Waals surface area contributed by atoms with Crippen molar-refractivity contribution in [3.05, 3.63) is 75.8 Å². The Kier molecular flexibility index (Phi) is 3.61. The number of carboxylic acid groups (broad SMARTS) is 1. The predicted octanol–water partition coefficient (Wildman–Crippen LogP) is 5.17. The lowest BCUT2D eigenvalue weighted by molar-refractivity contribution is 0.0697. The molecule has 0 fully saturated rings. The summed E-state index contributed by atoms with van der Waals surface area (Å²) in [6.45, 7) is 2.09. The van der Waals surface area contributed by atoms with E-state index < -0.39 is 5.97 Å². The van der Waals surface area contributed by atoms with Crippen molar-refractivity contribution in [3.8, 4) is 0 Å². The molecule has 24 heavy (non-hydrogen) atoms. The molecule has 3 nitrogen and oxygen atoms in total. The molecule has 2 aliphatic rings. The van der Waals surface area contributed by atoms with Gasteiger partial charge in [0.25, 0.3) is 0 Å². The zero-order chi connectivity index (χ0) is 16.8. The molecule has 4 heteroatoms. The number of carbonyl (C=O) groups is 1. The molecule has 0 saturated carbocycles. The molecule has 0 spiro atoms. The van der Waals surface area contributed by atoms with Crippen molar-refractivity contribution < 1.29 is 9.90 Å². The maximum Gasteiger partial charge on any atom is 0.335 e. The van der Waals surface area contributed by atoms with Gasteiger partial charge in [0.2, 0.25) is 0 Å². The van der Waals surface area contributed by atoms with Crippen LogP contribution in [0.4, 0.5) is 5.69 Å². The minimum Gasteiger partial charge on any atom is -0.478 e. The van der Waals surface area contributed by atoms with Crippen molar-refractivity contribution >= 4 is 23.3 Å². The highest BCUT2D eigenvalue weighted by Crippen LogP contribution is 2.52. The number of aryl methyl sites for hydroxylation is 1. The van der Waals surface area contributed by atoms with Crippen LogP contribution in [0.1, 0.15) is 45.4 Å². The molecular weight excluding hydrogens is 322 g/mol. The molecular formula is C20H18ClNO2. The normalized spacial score (nSPS) is 24.2. The summed E-state index contributed by atoms with van der Waals surface area (Å²) in [6.07, 6.45) is 5.48. The summed E-state index contributed by atoms with van der Waals surface area (Å²) in [5.41, 5.74) is 4.91. The number of anilines is 1. The third kappa shape index (κ3) is 2.31.